The molecule has 0 saturated carbocycles. The second kappa shape index (κ2) is 6.40. The Kier molecular flexibility index (Phi) is 4.61. The van der Waals surface area contributed by atoms with Gasteiger partial charge in [-0.25, -0.2) is 12.7 Å². The molecule has 5 nitrogen and oxygen atoms in total. The lowest BCUT2D eigenvalue weighted by Crippen LogP contribution is -2.49. The molecule has 2 saturated heterocycles. The Bertz CT molecular complexity index is 702. The number of nitrogens with zero attached hydrogens (tertiary/aromatic N) is 1. The van der Waals surface area contributed by atoms with Gasteiger partial charge in [0.15, 0.2) is 0 Å². The summed E-state index contributed by atoms with van der Waals surface area (Å²) in [6.45, 7) is 0.111. The molecule has 1 unspecified atom stereocenters. The lowest BCUT2D eigenvalue weighted by Gasteiger charge is -2.31. The highest BCUT2D eigenvalue weighted by atomic mass is 32.2. The largest absolute Gasteiger partial charge is 0.381 e. The predicted molar refractivity (Wildman–Crippen MR) is 82.9 cm³/mol. The molecule has 8 heteroatoms. The van der Waals surface area contributed by atoms with E-state index in [1.165, 1.54) is 0 Å². The Hall–Kier alpha value is -1.54. The normalized spacial score (nSPS) is 24.9. The second-order valence-electron chi connectivity index (χ2n) is 6.12. The number of hydrogen-bond acceptors (Lipinski definition) is 4. The predicted octanol–water partition coefficient (Wildman–Crippen LogP) is 2.35. The molecule has 0 aliphatic carbocycles. The highest BCUT2D eigenvalue weighted by Gasteiger charge is 2.55. The number of carbonyl (C=O) groups excluding carboxylic acids is 1. The lowest BCUT2D eigenvalue weighted by atomic mass is 9.92. The molecule has 3 rings (SSSR count). The van der Waals surface area contributed by atoms with Crippen LogP contribution < -0.4 is 0 Å². The van der Waals surface area contributed by atoms with Gasteiger partial charge in [0.05, 0.1) is 0 Å². The quantitative estimate of drug-likeness (QED) is 0.831. The third-order valence-electron chi connectivity index (χ3n) is 4.68. The Morgan fingerprint density at radius 1 is 1.12 bits per heavy atom. The Morgan fingerprint density at radius 3 is 2.38 bits per heavy atom. The zero-order valence-electron chi connectivity index (χ0n) is 13.0. The zero-order valence-corrected chi connectivity index (χ0v) is 13.8. The number of amides is 1. The van der Waals surface area contributed by atoms with Gasteiger partial charge in [-0.3, -0.25) is 4.79 Å². The van der Waals surface area contributed by atoms with E-state index in [2.05, 4.69) is 0 Å². The van der Waals surface area contributed by atoms with Crippen molar-refractivity contribution >= 4 is 15.9 Å². The van der Waals surface area contributed by atoms with E-state index >= 15 is 0 Å². The summed E-state index contributed by atoms with van der Waals surface area (Å²) >= 11 is 0. The first-order chi connectivity index (χ1) is 11.3. The summed E-state index contributed by atoms with van der Waals surface area (Å²) < 4.78 is 59.7. The van der Waals surface area contributed by atoms with Crippen molar-refractivity contribution in [1.29, 1.82) is 0 Å². The fourth-order valence-electron chi connectivity index (χ4n) is 3.29. The van der Waals surface area contributed by atoms with Gasteiger partial charge >= 0.3 is 11.8 Å². The minimum Gasteiger partial charge on any atom is -0.381 e. The fraction of sp³-hybridized carbons (Fsp3) is 0.562. The first kappa shape index (κ1) is 17.3. The molecule has 1 aromatic carbocycles. The fourth-order valence-corrected chi connectivity index (χ4v) is 5.21. The number of benzene rings is 1. The van der Waals surface area contributed by atoms with Gasteiger partial charge in [0.2, 0.25) is 10.0 Å². The van der Waals surface area contributed by atoms with Crippen LogP contribution >= 0.6 is 0 Å². The van der Waals surface area contributed by atoms with Crippen molar-refractivity contribution in [1.82, 2.24) is 4.31 Å². The van der Waals surface area contributed by atoms with Gasteiger partial charge in [-0.15, -0.1) is 0 Å². The number of ether oxygens (including phenoxy) is 1. The van der Waals surface area contributed by atoms with E-state index in [-0.39, 0.29) is 39.0 Å². The number of halogens is 2. The minimum atomic E-state index is -4.13. The Balaban J connectivity index is 1.83. The number of carbonyl (C=O) groups is 1. The molecule has 132 valence electrons. The molecule has 2 aliphatic heterocycles. The van der Waals surface area contributed by atoms with E-state index in [1.807, 2.05) is 0 Å². The summed E-state index contributed by atoms with van der Waals surface area (Å²) in [5.74, 6) is -6.47. The monoisotopic (exact) mass is 359 g/mol. The van der Waals surface area contributed by atoms with Crippen molar-refractivity contribution in [3.8, 4) is 0 Å². The van der Waals surface area contributed by atoms with E-state index in [9.17, 15) is 22.0 Å². The topological polar surface area (TPSA) is 63.7 Å². The van der Waals surface area contributed by atoms with Crippen LogP contribution in [0.4, 0.5) is 8.78 Å². The standard InChI is InChI=1S/C16H19F2NO4S/c17-16(18,13-7-10-23-11-8-13)15(20)19-9-6-14(24(19,21)22)12-4-2-1-3-5-12/h1-5,13-14H,6-11H2. The van der Waals surface area contributed by atoms with Gasteiger partial charge in [0, 0.05) is 25.7 Å². The van der Waals surface area contributed by atoms with Crippen LogP contribution in [0.25, 0.3) is 0 Å². The molecule has 1 atom stereocenters. The summed E-state index contributed by atoms with van der Waals surface area (Å²) in [7, 11) is -4.13. The van der Waals surface area contributed by atoms with Crippen molar-refractivity contribution < 1.29 is 26.7 Å². The summed E-state index contributed by atoms with van der Waals surface area (Å²) in [6.07, 6.45) is 0.228. The van der Waals surface area contributed by atoms with Crippen molar-refractivity contribution in [2.24, 2.45) is 5.92 Å². The maximum Gasteiger partial charge on any atom is 0.328 e. The highest BCUT2D eigenvalue weighted by Crippen LogP contribution is 2.40. The van der Waals surface area contributed by atoms with E-state index < -0.39 is 33.0 Å². The average Bonchev–Trinajstić information content (AvgIpc) is 2.90. The van der Waals surface area contributed by atoms with Crippen molar-refractivity contribution in [2.45, 2.75) is 30.4 Å². The van der Waals surface area contributed by atoms with Crippen LogP contribution in [0, 0.1) is 5.92 Å². The van der Waals surface area contributed by atoms with Crippen LogP contribution in [0.3, 0.4) is 0 Å². The van der Waals surface area contributed by atoms with Crippen LogP contribution in [-0.4, -0.2) is 44.3 Å². The Morgan fingerprint density at radius 2 is 1.75 bits per heavy atom. The van der Waals surface area contributed by atoms with E-state index in [4.69, 9.17) is 4.74 Å². The van der Waals surface area contributed by atoms with E-state index in [0.29, 0.717) is 9.87 Å². The van der Waals surface area contributed by atoms with Crippen LogP contribution in [0.1, 0.15) is 30.1 Å². The number of rotatable bonds is 3. The third-order valence-corrected chi connectivity index (χ3v) is 6.87. The molecule has 0 N–H and O–H groups in total. The molecule has 1 aromatic rings. The van der Waals surface area contributed by atoms with Gasteiger partial charge in [0.1, 0.15) is 5.25 Å². The number of hydrogen-bond donors (Lipinski definition) is 0. The van der Waals surface area contributed by atoms with Crippen molar-refractivity contribution in [3.63, 3.8) is 0 Å². The molecule has 2 aliphatic rings. The van der Waals surface area contributed by atoms with Crippen LogP contribution in [0.5, 0.6) is 0 Å². The molecule has 0 aromatic heterocycles. The number of sulfonamides is 1. The molecule has 0 radical (unpaired) electrons. The first-order valence-electron chi connectivity index (χ1n) is 7.91. The number of alkyl halides is 2. The van der Waals surface area contributed by atoms with Gasteiger partial charge in [-0.05, 0) is 24.8 Å². The summed E-state index contributed by atoms with van der Waals surface area (Å²) in [6, 6.07) is 8.38. The molecule has 0 bridgehead atoms. The van der Waals surface area contributed by atoms with Gasteiger partial charge < -0.3 is 4.74 Å². The smallest absolute Gasteiger partial charge is 0.328 e. The minimum absolute atomic E-state index is 0.0503. The first-order valence-corrected chi connectivity index (χ1v) is 9.42. The summed E-state index contributed by atoms with van der Waals surface area (Å²) in [5.41, 5.74) is 0.516. The maximum atomic E-state index is 14.5. The summed E-state index contributed by atoms with van der Waals surface area (Å²) in [5, 5.41) is -0.951. The van der Waals surface area contributed by atoms with Gasteiger partial charge in [-0.2, -0.15) is 8.78 Å². The van der Waals surface area contributed by atoms with Gasteiger partial charge in [0.25, 0.3) is 0 Å². The SMILES string of the molecule is O=C(N1CCC(c2ccccc2)S1(=O)=O)C(F)(F)C1CCOCC1. The third kappa shape index (κ3) is 2.93. The lowest BCUT2D eigenvalue weighted by molar-refractivity contribution is -0.165. The Labute approximate surface area is 139 Å². The summed E-state index contributed by atoms with van der Waals surface area (Å²) in [4.78, 5) is 12.3. The molecular formula is C16H19F2NO4S. The molecule has 24 heavy (non-hydrogen) atoms. The second-order valence-corrected chi connectivity index (χ2v) is 8.16. The van der Waals surface area contributed by atoms with Gasteiger partial charge in [-0.1, -0.05) is 30.3 Å². The highest BCUT2D eigenvalue weighted by molar-refractivity contribution is 7.90. The molecular weight excluding hydrogens is 340 g/mol. The van der Waals surface area contributed by atoms with Crippen LogP contribution in [0.2, 0.25) is 0 Å². The van der Waals surface area contributed by atoms with E-state index in [0.717, 1.165) is 0 Å². The van der Waals surface area contributed by atoms with E-state index in [1.54, 1.807) is 30.3 Å². The zero-order chi connectivity index (χ0) is 17.4. The van der Waals surface area contributed by atoms with Crippen LogP contribution in [0.15, 0.2) is 30.3 Å². The van der Waals surface area contributed by atoms with Crippen molar-refractivity contribution in [2.75, 3.05) is 19.8 Å². The molecule has 0 spiro atoms. The average molecular weight is 359 g/mol. The molecule has 2 heterocycles. The van der Waals surface area contributed by atoms with Crippen LogP contribution in [-0.2, 0) is 19.6 Å². The maximum absolute atomic E-state index is 14.5. The van der Waals surface area contributed by atoms with Crippen molar-refractivity contribution in [3.05, 3.63) is 35.9 Å². The molecule has 2 fully saturated rings. The molecule has 1 amide bonds.